The zero-order valence-electron chi connectivity index (χ0n) is 5.37. The average molecular weight is 408 g/mol. The van der Waals surface area contributed by atoms with E-state index in [0.29, 0.717) is 0 Å². The third-order valence-electron chi connectivity index (χ3n) is 1.20. The molecule has 0 saturated carbocycles. The predicted molar refractivity (Wildman–Crippen MR) is 62.2 cm³/mol. The van der Waals surface area contributed by atoms with Gasteiger partial charge < -0.3 is 0 Å². The molecule has 1 aromatic rings. The number of benzene rings is 1. The van der Waals surface area contributed by atoms with Crippen molar-refractivity contribution in [3.05, 3.63) is 31.1 Å². The standard InChI is InChI=1S/C7H4Br4/c8-3-4-1-5(9)7(11)6(10)2-4/h1-2H,3H2. The van der Waals surface area contributed by atoms with Crippen LogP contribution in [-0.4, -0.2) is 0 Å². The highest BCUT2D eigenvalue weighted by atomic mass is 79.9. The first-order valence-corrected chi connectivity index (χ1v) is 6.34. The van der Waals surface area contributed by atoms with Crippen LogP contribution in [0.25, 0.3) is 0 Å². The van der Waals surface area contributed by atoms with Crippen LogP contribution in [-0.2, 0) is 5.33 Å². The maximum atomic E-state index is 3.44. The molecule has 0 N–H and O–H groups in total. The molecule has 0 aliphatic carbocycles. The molecule has 0 fully saturated rings. The Labute approximate surface area is 99.3 Å². The molecule has 0 aromatic heterocycles. The lowest BCUT2D eigenvalue weighted by molar-refractivity contribution is 1.38. The molecule has 1 aromatic carbocycles. The molecule has 0 spiro atoms. The van der Waals surface area contributed by atoms with Gasteiger partial charge >= 0.3 is 0 Å². The summed E-state index contributed by atoms with van der Waals surface area (Å²) < 4.78 is 3.20. The molecule has 0 amide bonds. The van der Waals surface area contributed by atoms with Gasteiger partial charge in [-0.2, -0.15) is 0 Å². The Hall–Kier alpha value is 1.14. The van der Waals surface area contributed by atoms with Crippen LogP contribution in [0.4, 0.5) is 0 Å². The molecule has 0 aliphatic rings. The first-order chi connectivity index (χ1) is 5.15. The second kappa shape index (κ2) is 4.40. The van der Waals surface area contributed by atoms with E-state index in [1.54, 1.807) is 0 Å². The molecule has 4 heteroatoms. The Kier molecular flexibility index (Phi) is 4.09. The van der Waals surface area contributed by atoms with Gasteiger partial charge in [0.1, 0.15) is 0 Å². The van der Waals surface area contributed by atoms with Crippen LogP contribution >= 0.6 is 63.7 Å². The molecule has 60 valence electrons. The maximum absolute atomic E-state index is 3.44. The molecule has 1 rings (SSSR count). The van der Waals surface area contributed by atoms with Crippen LogP contribution in [0.2, 0.25) is 0 Å². The molecule has 11 heavy (non-hydrogen) atoms. The average Bonchev–Trinajstić information content (AvgIpc) is 1.99. The molecular formula is C7H4Br4. The lowest BCUT2D eigenvalue weighted by Crippen LogP contribution is -1.79. The fourth-order valence-corrected chi connectivity index (χ4v) is 2.52. The van der Waals surface area contributed by atoms with Crippen molar-refractivity contribution >= 4 is 63.7 Å². The van der Waals surface area contributed by atoms with Gasteiger partial charge in [-0.25, -0.2) is 0 Å². The summed E-state index contributed by atoms with van der Waals surface area (Å²) in [6, 6.07) is 4.15. The van der Waals surface area contributed by atoms with Gasteiger partial charge in [-0.05, 0) is 65.5 Å². The summed E-state index contributed by atoms with van der Waals surface area (Å²) in [5.74, 6) is 0. The van der Waals surface area contributed by atoms with Gasteiger partial charge in [0.25, 0.3) is 0 Å². The van der Waals surface area contributed by atoms with E-state index in [9.17, 15) is 0 Å². The van der Waals surface area contributed by atoms with E-state index < -0.39 is 0 Å². The highest BCUT2D eigenvalue weighted by Gasteiger charge is 2.02. The van der Waals surface area contributed by atoms with Gasteiger partial charge in [0.2, 0.25) is 0 Å². The van der Waals surface area contributed by atoms with E-state index in [1.165, 1.54) is 5.56 Å². The van der Waals surface area contributed by atoms with Crippen LogP contribution in [0.1, 0.15) is 5.56 Å². The third kappa shape index (κ3) is 2.54. The summed E-state index contributed by atoms with van der Waals surface area (Å²) in [7, 11) is 0. The highest BCUT2D eigenvalue weighted by Crippen LogP contribution is 2.32. The number of hydrogen-bond donors (Lipinski definition) is 0. The van der Waals surface area contributed by atoms with Gasteiger partial charge in [0.05, 0.1) is 0 Å². The zero-order valence-corrected chi connectivity index (χ0v) is 11.7. The van der Waals surface area contributed by atoms with Crippen LogP contribution in [0, 0.1) is 0 Å². The number of rotatable bonds is 1. The van der Waals surface area contributed by atoms with Crippen molar-refractivity contribution in [3.8, 4) is 0 Å². The first-order valence-electron chi connectivity index (χ1n) is 2.84. The Bertz CT molecular complexity index is 246. The molecule has 0 aliphatic heterocycles. The molecule has 0 nitrogen and oxygen atoms in total. The maximum Gasteiger partial charge on any atom is 0.0459 e. The van der Waals surface area contributed by atoms with Crippen molar-refractivity contribution in [1.29, 1.82) is 0 Å². The molecule has 0 unspecified atom stereocenters. The topological polar surface area (TPSA) is 0 Å². The minimum Gasteiger partial charge on any atom is -0.0876 e. The molecule has 0 atom stereocenters. The SMILES string of the molecule is BrCc1cc(Br)c(Br)c(Br)c1. The van der Waals surface area contributed by atoms with Crippen molar-refractivity contribution in [1.82, 2.24) is 0 Å². The van der Waals surface area contributed by atoms with E-state index >= 15 is 0 Å². The van der Waals surface area contributed by atoms with Crippen molar-refractivity contribution in [2.45, 2.75) is 5.33 Å². The minimum atomic E-state index is 0.872. The van der Waals surface area contributed by atoms with E-state index in [4.69, 9.17) is 0 Å². The number of alkyl halides is 1. The Morgan fingerprint density at radius 1 is 1.00 bits per heavy atom. The van der Waals surface area contributed by atoms with Crippen LogP contribution in [0.3, 0.4) is 0 Å². The summed E-state index contributed by atoms with van der Waals surface area (Å²) >= 11 is 13.7. The molecule has 0 saturated heterocycles. The fourth-order valence-electron chi connectivity index (χ4n) is 0.685. The Morgan fingerprint density at radius 3 is 1.82 bits per heavy atom. The largest absolute Gasteiger partial charge is 0.0876 e. The zero-order chi connectivity index (χ0) is 8.43. The van der Waals surface area contributed by atoms with Crippen molar-refractivity contribution < 1.29 is 0 Å². The molecule has 0 heterocycles. The first kappa shape index (κ1) is 10.2. The normalized spacial score (nSPS) is 10.2. The summed E-state index contributed by atoms with van der Waals surface area (Å²) in [4.78, 5) is 0. The summed E-state index contributed by atoms with van der Waals surface area (Å²) in [6.07, 6.45) is 0. The molecule has 0 bridgehead atoms. The van der Waals surface area contributed by atoms with E-state index in [0.717, 1.165) is 18.7 Å². The molecular weight excluding hydrogens is 404 g/mol. The van der Waals surface area contributed by atoms with Crippen LogP contribution in [0.15, 0.2) is 25.6 Å². The van der Waals surface area contributed by atoms with Gasteiger partial charge in [0, 0.05) is 18.7 Å². The van der Waals surface area contributed by atoms with Crippen molar-refractivity contribution in [2.24, 2.45) is 0 Å². The summed E-state index contributed by atoms with van der Waals surface area (Å²) in [6.45, 7) is 0. The van der Waals surface area contributed by atoms with Crippen molar-refractivity contribution in [3.63, 3.8) is 0 Å². The highest BCUT2D eigenvalue weighted by molar-refractivity contribution is 9.14. The smallest absolute Gasteiger partial charge is 0.0459 e. The lowest BCUT2D eigenvalue weighted by Gasteiger charge is -2.02. The van der Waals surface area contributed by atoms with Crippen LogP contribution < -0.4 is 0 Å². The molecule has 0 radical (unpaired) electrons. The lowest BCUT2D eigenvalue weighted by atomic mass is 10.2. The van der Waals surface area contributed by atoms with Gasteiger partial charge in [-0.15, -0.1) is 0 Å². The Morgan fingerprint density at radius 2 is 1.45 bits per heavy atom. The fraction of sp³-hybridized carbons (Fsp3) is 0.143. The van der Waals surface area contributed by atoms with Crippen molar-refractivity contribution in [2.75, 3.05) is 0 Å². The van der Waals surface area contributed by atoms with E-state index in [-0.39, 0.29) is 0 Å². The summed E-state index contributed by atoms with van der Waals surface area (Å²) in [5, 5.41) is 0.872. The van der Waals surface area contributed by atoms with Gasteiger partial charge in [-0.3, -0.25) is 0 Å². The number of halogens is 4. The van der Waals surface area contributed by atoms with Gasteiger partial charge in [0.15, 0.2) is 0 Å². The van der Waals surface area contributed by atoms with Crippen LogP contribution in [0.5, 0.6) is 0 Å². The van der Waals surface area contributed by atoms with E-state index in [2.05, 4.69) is 75.9 Å². The third-order valence-corrected chi connectivity index (χ3v) is 5.01. The van der Waals surface area contributed by atoms with Gasteiger partial charge in [-0.1, -0.05) is 15.9 Å². The second-order valence-electron chi connectivity index (χ2n) is 2.01. The Balaban J connectivity index is 3.21. The second-order valence-corrected chi connectivity index (χ2v) is 5.07. The monoisotopic (exact) mass is 404 g/mol. The summed E-state index contributed by atoms with van der Waals surface area (Å²) in [5.41, 5.74) is 1.24. The quantitative estimate of drug-likeness (QED) is 0.460. The minimum absolute atomic E-state index is 0.872. The number of hydrogen-bond acceptors (Lipinski definition) is 0. The van der Waals surface area contributed by atoms with E-state index in [1.807, 2.05) is 0 Å². The predicted octanol–water partition coefficient (Wildman–Crippen LogP) is 4.87.